The number of hydrogen-bond donors (Lipinski definition) is 3. The minimum absolute atomic E-state index is 0.00350. The highest BCUT2D eigenvalue weighted by Crippen LogP contribution is 2.08. The van der Waals surface area contributed by atoms with Crippen LogP contribution in [0.3, 0.4) is 0 Å². The molecule has 0 radical (unpaired) electrons. The molecule has 0 atom stereocenters. The van der Waals surface area contributed by atoms with E-state index in [0.29, 0.717) is 0 Å². The van der Waals surface area contributed by atoms with Crippen LogP contribution in [0.5, 0.6) is 5.75 Å². The zero-order valence-electron chi connectivity index (χ0n) is 9.19. The number of anilines is 1. The molecule has 0 spiro atoms. The zero-order chi connectivity index (χ0) is 13.0. The Labute approximate surface area is 102 Å². The summed E-state index contributed by atoms with van der Waals surface area (Å²) in [5.74, 6) is 0.233. The quantitative estimate of drug-likeness (QED) is 0.399. The van der Waals surface area contributed by atoms with Crippen molar-refractivity contribution < 1.29 is 9.74 Å². The second-order valence-corrected chi connectivity index (χ2v) is 3.32. The molecule has 8 nitrogen and oxygen atoms in total. The van der Waals surface area contributed by atoms with Crippen molar-refractivity contribution in [2.75, 3.05) is 5.73 Å². The molecule has 18 heavy (non-hydrogen) atoms. The van der Waals surface area contributed by atoms with Crippen molar-refractivity contribution in [1.29, 1.82) is 0 Å². The maximum absolute atomic E-state index is 9.09. The van der Waals surface area contributed by atoms with Crippen LogP contribution in [0.2, 0.25) is 0 Å². The van der Waals surface area contributed by atoms with E-state index < -0.39 is 0 Å². The Bertz CT molecular complexity index is 587. The third-order valence-electron chi connectivity index (χ3n) is 2.02. The van der Waals surface area contributed by atoms with Crippen LogP contribution in [-0.2, 0) is 0 Å². The minimum Gasteiger partial charge on any atom is -0.508 e. The number of nitrogens with two attached hydrogens (primary N) is 2. The predicted molar refractivity (Wildman–Crippen MR) is 65.1 cm³/mol. The van der Waals surface area contributed by atoms with Gasteiger partial charge >= 0.3 is 0 Å². The lowest BCUT2D eigenvalue weighted by Crippen LogP contribution is -2.15. The van der Waals surface area contributed by atoms with E-state index in [1.54, 1.807) is 12.1 Å². The maximum atomic E-state index is 9.09. The molecule has 2 aromatic rings. The summed E-state index contributed by atoms with van der Waals surface area (Å²) in [7, 11) is 0. The van der Waals surface area contributed by atoms with E-state index in [1.165, 1.54) is 18.3 Å². The molecule has 2 rings (SSSR count). The first-order valence-corrected chi connectivity index (χ1v) is 4.91. The molecule has 0 saturated heterocycles. The number of hydrogen-bond acceptors (Lipinski definition) is 7. The van der Waals surface area contributed by atoms with E-state index in [9.17, 15) is 0 Å². The highest BCUT2D eigenvalue weighted by atomic mass is 16.6. The summed E-state index contributed by atoms with van der Waals surface area (Å²) in [6, 6.07) is 6.43. The van der Waals surface area contributed by atoms with Crippen LogP contribution in [0.25, 0.3) is 0 Å². The van der Waals surface area contributed by atoms with Crippen molar-refractivity contribution in [3.63, 3.8) is 0 Å². The zero-order valence-corrected chi connectivity index (χ0v) is 9.19. The Balaban J connectivity index is 2.11. The van der Waals surface area contributed by atoms with Crippen molar-refractivity contribution in [2.45, 2.75) is 0 Å². The van der Waals surface area contributed by atoms with Gasteiger partial charge in [0.15, 0.2) is 17.3 Å². The van der Waals surface area contributed by atoms with Gasteiger partial charge in [0, 0.05) is 0 Å². The number of phenols is 1. The molecule has 1 aromatic heterocycles. The summed E-state index contributed by atoms with van der Waals surface area (Å²) < 4.78 is 4.38. The average Bonchev–Trinajstić information content (AvgIpc) is 2.78. The fourth-order valence-electron chi connectivity index (χ4n) is 1.14. The second-order valence-electron chi connectivity index (χ2n) is 3.32. The second kappa shape index (κ2) is 4.95. The molecule has 0 aliphatic rings. The SMILES string of the molecule is N/C(=N\N=Cc1ccc(O)cc1)c1nonc1N. The van der Waals surface area contributed by atoms with Gasteiger partial charge in [-0.3, -0.25) is 0 Å². The first kappa shape index (κ1) is 11.6. The van der Waals surface area contributed by atoms with Crippen LogP contribution < -0.4 is 11.5 Å². The van der Waals surface area contributed by atoms with Gasteiger partial charge in [-0.1, -0.05) is 0 Å². The number of nitrogen functional groups attached to an aromatic ring is 1. The summed E-state index contributed by atoms with van der Waals surface area (Å²) >= 11 is 0. The third kappa shape index (κ3) is 2.61. The molecular weight excluding hydrogens is 236 g/mol. The van der Waals surface area contributed by atoms with Gasteiger partial charge in [-0.05, 0) is 40.1 Å². The number of amidine groups is 1. The van der Waals surface area contributed by atoms with Crippen LogP contribution in [0.15, 0.2) is 39.1 Å². The lowest BCUT2D eigenvalue weighted by molar-refractivity contribution is 0.308. The molecule has 92 valence electrons. The minimum atomic E-state index is 0.00350. The average molecular weight is 246 g/mol. The van der Waals surface area contributed by atoms with Gasteiger partial charge in [0.2, 0.25) is 0 Å². The number of rotatable bonds is 3. The smallest absolute Gasteiger partial charge is 0.199 e. The summed E-state index contributed by atoms with van der Waals surface area (Å²) in [4.78, 5) is 0. The van der Waals surface area contributed by atoms with Gasteiger partial charge in [-0.2, -0.15) is 5.10 Å². The number of benzene rings is 1. The molecule has 0 fully saturated rings. The van der Waals surface area contributed by atoms with E-state index in [-0.39, 0.29) is 23.1 Å². The summed E-state index contributed by atoms with van der Waals surface area (Å²) in [5, 5.41) is 23.4. The molecule has 0 saturated carbocycles. The first-order valence-electron chi connectivity index (χ1n) is 4.91. The lowest BCUT2D eigenvalue weighted by atomic mass is 10.2. The van der Waals surface area contributed by atoms with Crippen LogP contribution in [0.1, 0.15) is 11.3 Å². The molecule has 0 aliphatic carbocycles. The summed E-state index contributed by atoms with van der Waals surface area (Å²) in [5.41, 5.74) is 11.9. The predicted octanol–water partition coefficient (Wildman–Crippen LogP) is 0.0968. The van der Waals surface area contributed by atoms with Crippen molar-refractivity contribution in [3.05, 3.63) is 35.5 Å². The highest BCUT2D eigenvalue weighted by molar-refractivity contribution is 5.99. The Morgan fingerprint density at radius 3 is 2.61 bits per heavy atom. The molecule has 0 aliphatic heterocycles. The van der Waals surface area contributed by atoms with Crippen molar-refractivity contribution >= 4 is 17.9 Å². The fraction of sp³-hybridized carbons (Fsp3) is 0. The number of aromatic hydroxyl groups is 1. The first-order chi connectivity index (χ1) is 8.66. The van der Waals surface area contributed by atoms with E-state index in [2.05, 4.69) is 25.1 Å². The van der Waals surface area contributed by atoms with Crippen LogP contribution in [-0.4, -0.2) is 27.5 Å². The molecule has 0 bridgehead atoms. The number of aromatic nitrogens is 2. The molecule has 1 heterocycles. The van der Waals surface area contributed by atoms with E-state index in [4.69, 9.17) is 16.6 Å². The van der Waals surface area contributed by atoms with Gasteiger partial charge in [0.05, 0.1) is 6.21 Å². The fourth-order valence-corrected chi connectivity index (χ4v) is 1.14. The summed E-state index contributed by atoms with van der Waals surface area (Å²) in [6.07, 6.45) is 1.47. The molecule has 8 heteroatoms. The molecule has 5 N–H and O–H groups in total. The standard InChI is InChI=1S/C10H10N6O2/c11-9(8-10(12)16-18-15-8)14-13-5-6-1-3-7(17)4-2-6/h1-5,17H,(H2,11,14)(H2,12,16). The van der Waals surface area contributed by atoms with E-state index in [0.717, 1.165) is 5.56 Å². The highest BCUT2D eigenvalue weighted by Gasteiger charge is 2.09. The van der Waals surface area contributed by atoms with Gasteiger partial charge < -0.3 is 16.6 Å². The third-order valence-corrected chi connectivity index (χ3v) is 2.02. The lowest BCUT2D eigenvalue weighted by Gasteiger charge is -1.93. The van der Waals surface area contributed by atoms with Crippen LogP contribution in [0.4, 0.5) is 5.82 Å². The number of nitrogens with zero attached hydrogens (tertiary/aromatic N) is 4. The molecule has 0 amide bonds. The van der Waals surface area contributed by atoms with Crippen LogP contribution in [0, 0.1) is 0 Å². The normalized spacial score (nSPS) is 12.1. The van der Waals surface area contributed by atoms with Gasteiger partial charge in [-0.25, -0.2) is 4.63 Å². The molecule has 0 unspecified atom stereocenters. The monoisotopic (exact) mass is 246 g/mol. The van der Waals surface area contributed by atoms with Gasteiger partial charge in [-0.15, -0.1) is 5.10 Å². The molecule has 1 aromatic carbocycles. The Hall–Kier alpha value is -2.90. The summed E-state index contributed by atoms with van der Waals surface area (Å²) in [6.45, 7) is 0. The Kier molecular flexibility index (Phi) is 3.19. The largest absolute Gasteiger partial charge is 0.508 e. The maximum Gasteiger partial charge on any atom is 0.199 e. The Morgan fingerprint density at radius 2 is 2.00 bits per heavy atom. The van der Waals surface area contributed by atoms with Crippen molar-refractivity contribution in [3.8, 4) is 5.75 Å². The van der Waals surface area contributed by atoms with Crippen molar-refractivity contribution in [2.24, 2.45) is 15.9 Å². The Morgan fingerprint density at radius 1 is 1.28 bits per heavy atom. The van der Waals surface area contributed by atoms with E-state index in [1.807, 2.05) is 0 Å². The van der Waals surface area contributed by atoms with Crippen LogP contribution >= 0.6 is 0 Å². The number of phenolic OH excluding ortho intramolecular Hbond substituents is 1. The van der Waals surface area contributed by atoms with Gasteiger partial charge in [0.1, 0.15) is 5.75 Å². The van der Waals surface area contributed by atoms with E-state index >= 15 is 0 Å². The van der Waals surface area contributed by atoms with Crippen molar-refractivity contribution in [1.82, 2.24) is 10.3 Å². The van der Waals surface area contributed by atoms with Gasteiger partial charge in [0.25, 0.3) is 0 Å². The topological polar surface area (TPSA) is 136 Å². The molecular formula is C10H10N6O2.